The lowest BCUT2D eigenvalue weighted by Gasteiger charge is -2.24. The van der Waals surface area contributed by atoms with Crippen LogP contribution in [0.4, 0.5) is 0 Å². The van der Waals surface area contributed by atoms with Gasteiger partial charge < -0.3 is 16.0 Å². The largest absolute Gasteiger partial charge is 0.350 e. The van der Waals surface area contributed by atoms with Gasteiger partial charge in [0, 0.05) is 32.0 Å². The molecule has 1 fully saturated rings. The number of nitrogens with one attached hydrogen (secondary N) is 3. The van der Waals surface area contributed by atoms with Gasteiger partial charge in [0.2, 0.25) is 17.7 Å². The molecule has 4 rings (SSSR count). The van der Waals surface area contributed by atoms with Crippen molar-refractivity contribution in [2.24, 2.45) is 0 Å². The zero-order valence-corrected chi connectivity index (χ0v) is 24.2. The van der Waals surface area contributed by atoms with E-state index < -0.39 is 6.04 Å². The van der Waals surface area contributed by atoms with E-state index in [1.807, 2.05) is 36.4 Å². The molecule has 9 heteroatoms. The number of thiazole rings is 1. The van der Waals surface area contributed by atoms with Gasteiger partial charge in [-0.05, 0) is 62.0 Å². The van der Waals surface area contributed by atoms with E-state index in [4.69, 9.17) is 4.98 Å². The van der Waals surface area contributed by atoms with E-state index >= 15 is 0 Å². The van der Waals surface area contributed by atoms with Crippen LogP contribution in [0, 0.1) is 0 Å². The van der Waals surface area contributed by atoms with Gasteiger partial charge in [-0.15, -0.1) is 11.3 Å². The molecule has 0 saturated carbocycles. The summed E-state index contributed by atoms with van der Waals surface area (Å²) in [5, 5.41) is 9.62. The van der Waals surface area contributed by atoms with E-state index in [9.17, 15) is 14.4 Å². The highest BCUT2D eigenvalue weighted by Crippen LogP contribution is 2.24. The monoisotopic (exact) mass is 561 g/mol. The van der Waals surface area contributed by atoms with Gasteiger partial charge in [0.05, 0.1) is 21.3 Å². The zero-order valence-electron chi connectivity index (χ0n) is 23.4. The highest BCUT2D eigenvalue weighted by atomic mass is 32.1. The molecule has 0 unspecified atom stereocenters. The minimum atomic E-state index is -0.789. The number of likely N-dealkylation sites (tertiary alicyclic amines) is 1. The second-order valence-corrected chi connectivity index (χ2v) is 11.5. The molecule has 1 aliphatic rings. The highest BCUT2D eigenvalue weighted by Gasteiger charge is 2.25. The highest BCUT2D eigenvalue weighted by molar-refractivity contribution is 7.18. The Bertz CT molecular complexity index is 1330. The van der Waals surface area contributed by atoms with Gasteiger partial charge in [-0.25, -0.2) is 4.98 Å². The van der Waals surface area contributed by atoms with Gasteiger partial charge in [0.15, 0.2) is 0 Å². The summed E-state index contributed by atoms with van der Waals surface area (Å²) >= 11 is 1.54. The summed E-state index contributed by atoms with van der Waals surface area (Å²) in [5.41, 5.74) is 3.67. The van der Waals surface area contributed by atoms with E-state index in [-0.39, 0.29) is 36.7 Å². The summed E-state index contributed by atoms with van der Waals surface area (Å²) in [6, 6.07) is 14.8. The van der Waals surface area contributed by atoms with Gasteiger partial charge in [-0.2, -0.15) is 0 Å². The van der Waals surface area contributed by atoms with E-state index in [0.717, 1.165) is 53.1 Å². The van der Waals surface area contributed by atoms with Crippen LogP contribution >= 0.6 is 11.3 Å². The fourth-order valence-electron chi connectivity index (χ4n) is 4.95. The summed E-state index contributed by atoms with van der Waals surface area (Å²) < 4.78 is 1.06. The molecule has 2 atom stereocenters. The molecule has 1 saturated heterocycles. The molecule has 40 heavy (non-hydrogen) atoms. The Morgan fingerprint density at radius 2 is 1.77 bits per heavy atom. The molecule has 1 aromatic heterocycles. The van der Waals surface area contributed by atoms with Crippen molar-refractivity contribution in [2.45, 2.75) is 58.0 Å². The number of hydrogen-bond acceptors (Lipinski definition) is 6. The molecular weight excluding hydrogens is 522 g/mol. The minimum absolute atomic E-state index is 0.210. The molecule has 3 aromatic rings. The van der Waals surface area contributed by atoms with Crippen LogP contribution in [-0.2, 0) is 33.6 Å². The van der Waals surface area contributed by atoms with Crippen LogP contribution in [0.3, 0.4) is 0 Å². The fourth-order valence-corrected chi connectivity index (χ4v) is 6.03. The number of carbonyl (C=O) groups is 3. The average molecular weight is 562 g/mol. The molecule has 8 nitrogen and oxygen atoms in total. The number of carbonyl (C=O) groups excluding carboxylic acids is 3. The first-order chi connectivity index (χ1) is 19.3. The van der Waals surface area contributed by atoms with Crippen LogP contribution in [0.5, 0.6) is 0 Å². The fraction of sp³-hybridized carbons (Fsp3) is 0.419. The van der Waals surface area contributed by atoms with Crippen LogP contribution in [0.2, 0.25) is 0 Å². The SMILES string of the molecule is C=C(CN1CCCC1)C(=O)NC[C@H](Cc1ccccc1)NC(=O)[C@H](Cc1nc2ccc(CC)cc2s1)NC(C)=O. The van der Waals surface area contributed by atoms with Crippen molar-refractivity contribution in [3.8, 4) is 0 Å². The Kier molecular flexibility index (Phi) is 10.4. The summed E-state index contributed by atoms with van der Waals surface area (Å²) in [7, 11) is 0. The molecule has 2 heterocycles. The second-order valence-electron chi connectivity index (χ2n) is 10.4. The number of rotatable bonds is 13. The molecule has 0 spiro atoms. The molecule has 0 radical (unpaired) electrons. The molecule has 0 aliphatic carbocycles. The maximum absolute atomic E-state index is 13.5. The van der Waals surface area contributed by atoms with Crippen molar-refractivity contribution < 1.29 is 14.4 Å². The predicted molar refractivity (Wildman–Crippen MR) is 160 cm³/mol. The van der Waals surface area contributed by atoms with E-state index in [1.54, 1.807) is 0 Å². The lowest BCUT2D eigenvalue weighted by Crippen LogP contribution is -2.53. The molecule has 212 valence electrons. The first-order valence-corrected chi connectivity index (χ1v) is 14.8. The quantitative estimate of drug-likeness (QED) is 0.278. The number of nitrogens with zero attached hydrogens (tertiary/aromatic N) is 2. The van der Waals surface area contributed by atoms with E-state index in [0.29, 0.717) is 18.5 Å². The summed E-state index contributed by atoms with van der Waals surface area (Å²) in [4.78, 5) is 45.3. The summed E-state index contributed by atoms with van der Waals surface area (Å²) in [6.07, 6.45) is 4.03. The maximum Gasteiger partial charge on any atom is 0.247 e. The predicted octanol–water partition coefficient (Wildman–Crippen LogP) is 3.40. The van der Waals surface area contributed by atoms with Crippen LogP contribution in [0.1, 0.15) is 42.8 Å². The molecule has 3 N–H and O–H groups in total. The Balaban J connectivity index is 1.44. The lowest BCUT2D eigenvalue weighted by molar-refractivity contribution is -0.128. The van der Waals surface area contributed by atoms with Gasteiger partial charge in [0.1, 0.15) is 6.04 Å². The first-order valence-electron chi connectivity index (χ1n) is 14.0. The Labute approximate surface area is 240 Å². The maximum atomic E-state index is 13.5. The Hall–Kier alpha value is -3.56. The topological polar surface area (TPSA) is 103 Å². The average Bonchev–Trinajstić information content (AvgIpc) is 3.60. The van der Waals surface area contributed by atoms with Crippen molar-refractivity contribution in [3.63, 3.8) is 0 Å². The summed E-state index contributed by atoms with van der Waals surface area (Å²) in [5.74, 6) is -0.811. The van der Waals surface area contributed by atoms with Crippen molar-refractivity contribution >= 4 is 39.3 Å². The molecule has 0 bridgehead atoms. The van der Waals surface area contributed by atoms with Crippen molar-refractivity contribution in [1.82, 2.24) is 25.8 Å². The van der Waals surface area contributed by atoms with Crippen molar-refractivity contribution in [3.05, 3.63) is 76.8 Å². The molecular formula is C31H39N5O3S. The lowest BCUT2D eigenvalue weighted by atomic mass is 10.0. The smallest absolute Gasteiger partial charge is 0.247 e. The van der Waals surface area contributed by atoms with Crippen LogP contribution in [-0.4, -0.2) is 65.9 Å². The van der Waals surface area contributed by atoms with E-state index in [2.05, 4.69) is 46.5 Å². The Morgan fingerprint density at radius 3 is 2.48 bits per heavy atom. The number of amides is 3. The summed E-state index contributed by atoms with van der Waals surface area (Å²) in [6.45, 7) is 10.3. The van der Waals surface area contributed by atoms with Gasteiger partial charge in [-0.1, -0.05) is 49.9 Å². The number of hydrogen-bond donors (Lipinski definition) is 3. The number of aromatic nitrogens is 1. The number of benzene rings is 2. The van der Waals surface area contributed by atoms with E-state index in [1.165, 1.54) is 23.8 Å². The van der Waals surface area contributed by atoms with Gasteiger partial charge in [0.25, 0.3) is 0 Å². The van der Waals surface area contributed by atoms with Crippen LogP contribution < -0.4 is 16.0 Å². The standard InChI is InChI=1S/C31H39N5O3S/c1-4-23-12-13-26-28(17-23)40-29(35-26)18-27(33-22(3)37)31(39)34-25(16-24-10-6-5-7-11-24)19-32-30(38)21(2)20-36-14-8-9-15-36/h5-7,10-13,17,25,27H,2,4,8-9,14-16,18-20H2,1,3H3,(H,32,38)(H,33,37)(H,34,39)/t25-,27-/m0/s1. The molecule has 1 aliphatic heterocycles. The van der Waals surface area contributed by atoms with Gasteiger partial charge >= 0.3 is 0 Å². The third-order valence-corrected chi connectivity index (χ3v) is 8.13. The molecule has 3 amide bonds. The normalized spacial score (nSPS) is 14.9. The van der Waals surface area contributed by atoms with Gasteiger partial charge in [-0.3, -0.25) is 19.3 Å². The minimum Gasteiger partial charge on any atom is -0.350 e. The third-order valence-electron chi connectivity index (χ3n) is 7.09. The van der Waals surface area contributed by atoms with Crippen molar-refractivity contribution in [1.29, 1.82) is 0 Å². The molecule has 2 aromatic carbocycles. The Morgan fingerprint density at radius 1 is 1.02 bits per heavy atom. The van der Waals surface area contributed by atoms with Crippen LogP contribution in [0.15, 0.2) is 60.7 Å². The van der Waals surface area contributed by atoms with Crippen LogP contribution in [0.25, 0.3) is 10.2 Å². The number of aryl methyl sites for hydroxylation is 1. The third kappa shape index (κ3) is 8.47. The second kappa shape index (κ2) is 14.2. The first kappa shape index (κ1) is 29.4. The van der Waals surface area contributed by atoms with Crippen molar-refractivity contribution in [2.75, 3.05) is 26.2 Å². The zero-order chi connectivity index (χ0) is 28.5. The number of fused-ring (bicyclic) bond motifs is 1.